The molecule has 1 saturated heterocycles. The Kier molecular flexibility index (Phi) is 5.15. The molecule has 1 heterocycles. The molecule has 0 saturated carbocycles. The monoisotopic (exact) mass is 369 g/mol. The van der Waals surface area contributed by atoms with Crippen molar-refractivity contribution in [2.45, 2.75) is 30.1 Å². The van der Waals surface area contributed by atoms with Crippen molar-refractivity contribution in [1.82, 2.24) is 4.31 Å². The zero-order valence-electron chi connectivity index (χ0n) is 13.5. The van der Waals surface area contributed by atoms with Gasteiger partial charge in [-0.1, -0.05) is 18.6 Å². The van der Waals surface area contributed by atoms with Gasteiger partial charge in [0.25, 0.3) is 0 Å². The van der Waals surface area contributed by atoms with Crippen molar-refractivity contribution in [1.29, 1.82) is 0 Å². The zero-order valence-corrected chi connectivity index (χ0v) is 14.3. The van der Waals surface area contributed by atoms with Gasteiger partial charge in [0.2, 0.25) is 10.0 Å². The van der Waals surface area contributed by atoms with Crippen molar-refractivity contribution in [3.63, 3.8) is 0 Å². The van der Waals surface area contributed by atoms with Gasteiger partial charge in [-0.3, -0.25) is 0 Å². The second kappa shape index (κ2) is 7.17. The Hall–Kier alpha value is -1.86. The van der Waals surface area contributed by atoms with Gasteiger partial charge in [-0.2, -0.15) is 4.31 Å². The summed E-state index contributed by atoms with van der Waals surface area (Å²) >= 11 is 0. The summed E-state index contributed by atoms with van der Waals surface area (Å²) in [7, 11) is -4.00. The largest absolute Gasteiger partial charge is 0.243 e. The molecule has 2 aromatic carbocycles. The molecule has 1 fully saturated rings. The lowest BCUT2D eigenvalue weighted by Crippen LogP contribution is -2.34. The van der Waals surface area contributed by atoms with Crippen molar-refractivity contribution >= 4 is 10.0 Å². The number of hydrogen-bond acceptors (Lipinski definition) is 2. The van der Waals surface area contributed by atoms with Crippen LogP contribution in [0.3, 0.4) is 0 Å². The SMILES string of the molecule is O=S(=O)(c1cc(F)cc(F)c1)N1CCCCC(c2ccc(F)cc2)C1. The van der Waals surface area contributed by atoms with E-state index in [9.17, 15) is 21.6 Å². The Labute approximate surface area is 145 Å². The molecule has 2 aromatic rings. The Bertz CT molecular complexity index is 833. The molecule has 134 valence electrons. The van der Waals surface area contributed by atoms with Gasteiger partial charge in [0.05, 0.1) is 4.90 Å². The molecular formula is C18H18F3NO2S. The minimum absolute atomic E-state index is 0.0868. The van der Waals surface area contributed by atoms with Gasteiger partial charge in [0.15, 0.2) is 0 Å². The lowest BCUT2D eigenvalue weighted by Gasteiger charge is -2.24. The van der Waals surface area contributed by atoms with Gasteiger partial charge >= 0.3 is 0 Å². The molecule has 0 bridgehead atoms. The number of halogens is 3. The highest BCUT2D eigenvalue weighted by atomic mass is 32.2. The number of sulfonamides is 1. The van der Waals surface area contributed by atoms with Gasteiger partial charge in [-0.05, 0) is 48.6 Å². The van der Waals surface area contributed by atoms with Crippen LogP contribution < -0.4 is 0 Å². The van der Waals surface area contributed by atoms with Crippen molar-refractivity contribution < 1.29 is 21.6 Å². The fourth-order valence-corrected chi connectivity index (χ4v) is 4.73. The highest BCUT2D eigenvalue weighted by molar-refractivity contribution is 7.89. The van der Waals surface area contributed by atoms with Crippen LogP contribution in [0.2, 0.25) is 0 Å². The first-order valence-electron chi connectivity index (χ1n) is 8.08. The van der Waals surface area contributed by atoms with Crippen LogP contribution in [0.4, 0.5) is 13.2 Å². The van der Waals surface area contributed by atoms with Gasteiger partial charge in [-0.25, -0.2) is 21.6 Å². The first-order valence-corrected chi connectivity index (χ1v) is 9.52. The van der Waals surface area contributed by atoms with Crippen LogP contribution in [-0.2, 0) is 10.0 Å². The molecule has 7 heteroatoms. The standard InChI is InChI=1S/C18H18F3NO2S/c19-15-6-4-13(5-7-15)14-3-1-2-8-22(12-14)25(23,24)18-10-16(20)9-17(21)11-18/h4-7,9-11,14H,1-3,8,12H2. The molecule has 0 N–H and O–H groups in total. The van der Waals surface area contributed by atoms with Gasteiger partial charge < -0.3 is 0 Å². The first kappa shape index (κ1) is 17.9. The Balaban J connectivity index is 1.90. The summed E-state index contributed by atoms with van der Waals surface area (Å²) in [6.45, 7) is 0.490. The fourth-order valence-electron chi connectivity index (χ4n) is 3.16. The summed E-state index contributed by atoms with van der Waals surface area (Å²) in [6.07, 6.45) is 2.26. The van der Waals surface area contributed by atoms with Crippen molar-refractivity contribution in [3.05, 3.63) is 65.5 Å². The summed E-state index contributed by atoms with van der Waals surface area (Å²) in [4.78, 5) is -0.384. The summed E-state index contributed by atoms with van der Waals surface area (Å²) in [5, 5.41) is 0. The second-order valence-electron chi connectivity index (χ2n) is 6.21. The van der Waals surface area contributed by atoms with Gasteiger partial charge in [0, 0.05) is 19.2 Å². The molecule has 1 aliphatic rings. The summed E-state index contributed by atoms with van der Waals surface area (Å²) in [5.74, 6) is -2.29. The van der Waals surface area contributed by atoms with E-state index < -0.39 is 21.7 Å². The molecule has 1 unspecified atom stereocenters. The number of benzene rings is 2. The van der Waals surface area contributed by atoms with E-state index in [-0.39, 0.29) is 29.7 Å². The third kappa shape index (κ3) is 4.04. The maximum atomic E-state index is 13.4. The van der Waals surface area contributed by atoms with Crippen molar-refractivity contribution in [2.75, 3.05) is 13.1 Å². The molecule has 1 atom stereocenters. The molecule has 0 spiro atoms. The molecule has 25 heavy (non-hydrogen) atoms. The van der Waals surface area contributed by atoms with Crippen molar-refractivity contribution in [2.24, 2.45) is 0 Å². The van der Waals surface area contributed by atoms with Gasteiger partial charge in [-0.15, -0.1) is 0 Å². The molecule has 3 rings (SSSR count). The number of rotatable bonds is 3. The second-order valence-corrected chi connectivity index (χ2v) is 8.15. The van der Waals surface area contributed by atoms with E-state index in [4.69, 9.17) is 0 Å². The van der Waals surface area contributed by atoms with E-state index >= 15 is 0 Å². The Morgan fingerprint density at radius 1 is 0.880 bits per heavy atom. The van der Waals surface area contributed by atoms with Crippen molar-refractivity contribution in [3.8, 4) is 0 Å². The lowest BCUT2D eigenvalue weighted by atomic mass is 9.95. The summed E-state index contributed by atoms with van der Waals surface area (Å²) in [5.41, 5.74) is 0.855. The average Bonchev–Trinajstić information content (AvgIpc) is 2.81. The van der Waals surface area contributed by atoms with E-state index in [1.54, 1.807) is 12.1 Å². The summed E-state index contributed by atoms with van der Waals surface area (Å²) < 4.78 is 66.9. The fraction of sp³-hybridized carbons (Fsp3) is 0.333. The maximum absolute atomic E-state index is 13.4. The van der Waals surface area contributed by atoms with E-state index in [0.717, 1.165) is 30.5 Å². The molecule has 0 aliphatic carbocycles. The molecule has 0 radical (unpaired) electrons. The van der Waals surface area contributed by atoms with Crippen LogP contribution in [0.25, 0.3) is 0 Å². The number of nitrogens with zero attached hydrogens (tertiary/aromatic N) is 1. The van der Waals surface area contributed by atoms with E-state index in [2.05, 4.69) is 0 Å². The first-order chi connectivity index (χ1) is 11.9. The van der Waals surface area contributed by atoms with Gasteiger partial charge in [0.1, 0.15) is 17.5 Å². The zero-order chi connectivity index (χ0) is 18.0. The van der Waals surface area contributed by atoms with E-state index in [1.807, 2.05) is 0 Å². The molecule has 0 aromatic heterocycles. The minimum Gasteiger partial charge on any atom is -0.207 e. The highest BCUT2D eigenvalue weighted by Crippen LogP contribution is 2.30. The van der Waals surface area contributed by atoms with E-state index in [1.165, 1.54) is 16.4 Å². The van der Waals surface area contributed by atoms with Crippen LogP contribution in [0.15, 0.2) is 47.4 Å². The van der Waals surface area contributed by atoms with Crippen LogP contribution in [-0.4, -0.2) is 25.8 Å². The van der Waals surface area contributed by atoms with Crippen LogP contribution >= 0.6 is 0 Å². The molecule has 0 amide bonds. The Morgan fingerprint density at radius 3 is 2.16 bits per heavy atom. The summed E-state index contributed by atoms with van der Waals surface area (Å²) in [6, 6.07) is 8.30. The van der Waals surface area contributed by atoms with E-state index in [0.29, 0.717) is 12.5 Å². The molecule has 1 aliphatic heterocycles. The molecular weight excluding hydrogens is 351 g/mol. The quantitative estimate of drug-likeness (QED) is 0.818. The Morgan fingerprint density at radius 2 is 1.52 bits per heavy atom. The highest BCUT2D eigenvalue weighted by Gasteiger charge is 2.30. The normalized spacial score (nSPS) is 19.6. The molecule has 3 nitrogen and oxygen atoms in total. The average molecular weight is 369 g/mol. The smallest absolute Gasteiger partial charge is 0.207 e. The lowest BCUT2D eigenvalue weighted by molar-refractivity contribution is 0.405. The third-order valence-electron chi connectivity index (χ3n) is 4.45. The maximum Gasteiger partial charge on any atom is 0.243 e. The number of hydrogen-bond donors (Lipinski definition) is 0. The van der Waals surface area contributed by atoms with Crippen LogP contribution in [0, 0.1) is 17.5 Å². The third-order valence-corrected chi connectivity index (χ3v) is 6.29. The predicted molar refractivity (Wildman–Crippen MR) is 88.1 cm³/mol. The van der Waals surface area contributed by atoms with Crippen LogP contribution in [0.1, 0.15) is 30.7 Å². The minimum atomic E-state index is -4.00. The van der Waals surface area contributed by atoms with Crippen LogP contribution in [0.5, 0.6) is 0 Å². The topological polar surface area (TPSA) is 37.4 Å². The predicted octanol–water partition coefficient (Wildman–Crippen LogP) is 4.06.